The number of para-hydroxylation sites is 1. The highest BCUT2D eigenvalue weighted by atomic mass is 32.1. The summed E-state index contributed by atoms with van der Waals surface area (Å²) in [5, 5.41) is 0.680. The van der Waals surface area contributed by atoms with Crippen molar-refractivity contribution in [1.29, 1.82) is 0 Å². The number of amides is 1. The van der Waals surface area contributed by atoms with E-state index in [2.05, 4.69) is 0 Å². The molecule has 0 aliphatic carbocycles. The molecule has 0 spiro atoms. The zero-order valence-electron chi connectivity index (χ0n) is 15.7. The van der Waals surface area contributed by atoms with Crippen LogP contribution in [0.25, 0.3) is 10.2 Å². The number of aromatic nitrogens is 1. The summed E-state index contributed by atoms with van der Waals surface area (Å²) in [6.07, 6.45) is 1.89. The summed E-state index contributed by atoms with van der Waals surface area (Å²) in [6.45, 7) is 2.38. The fraction of sp³-hybridized carbons (Fsp3) is 0.182. The molecule has 0 aliphatic rings. The lowest BCUT2D eigenvalue weighted by atomic mass is 10.1. The molecule has 0 saturated carbocycles. The standard InChI is InChI=1S/C22H20N2O3S/c1-15-5-3-7-19-21(15)23-22(28-19)24(14-18-6-4-12-27-18)20(25)13-16-8-10-17(26-2)11-9-16/h3-12H,13-14H2,1-2H3. The van der Waals surface area contributed by atoms with Gasteiger partial charge in [-0.05, 0) is 48.4 Å². The molecule has 0 atom stereocenters. The maximum atomic E-state index is 13.2. The minimum absolute atomic E-state index is 0.0294. The van der Waals surface area contributed by atoms with Crippen molar-refractivity contribution in [1.82, 2.24) is 4.98 Å². The van der Waals surface area contributed by atoms with Crippen LogP contribution in [0.3, 0.4) is 0 Å². The predicted molar refractivity (Wildman–Crippen MR) is 111 cm³/mol. The Bertz CT molecular complexity index is 1080. The van der Waals surface area contributed by atoms with E-state index in [4.69, 9.17) is 14.1 Å². The number of furan rings is 1. The molecule has 2 aromatic carbocycles. The van der Waals surface area contributed by atoms with Crippen molar-refractivity contribution in [2.24, 2.45) is 0 Å². The molecular weight excluding hydrogens is 372 g/mol. The third-order valence-electron chi connectivity index (χ3n) is 4.55. The Morgan fingerprint density at radius 1 is 1.14 bits per heavy atom. The molecule has 0 saturated heterocycles. The van der Waals surface area contributed by atoms with Crippen LogP contribution in [0.5, 0.6) is 5.75 Å². The van der Waals surface area contributed by atoms with Crippen molar-refractivity contribution in [3.8, 4) is 5.75 Å². The first-order valence-electron chi connectivity index (χ1n) is 8.96. The molecule has 2 aromatic heterocycles. The normalized spacial score (nSPS) is 10.9. The van der Waals surface area contributed by atoms with Gasteiger partial charge in [-0.15, -0.1) is 0 Å². The predicted octanol–water partition coefficient (Wildman–Crippen LogP) is 4.98. The molecular formula is C22H20N2O3S. The zero-order chi connectivity index (χ0) is 19.5. The van der Waals surface area contributed by atoms with Gasteiger partial charge in [-0.2, -0.15) is 0 Å². The summed E-state index contributed by atoms with van der Waals surface area (Å²) >= 11 is 1.52. The van der Waals surface area contributed by atoms with Gasteiger partial charge in [0.25, 0.3) is 0 Å². The average molecular weight is 392 g/mol. The lowest BCUT2D eigenvalue weighted by Crippen LogP contribution is -2.31. The van der Waals surface area contributed by atoms with Crippen molar-refractivity contribution in [3.05, 3.63) is 77.7 Å². The molecule has 5 nitrogen and oxygen atoms in total. The zero-order valence-corrected chi connectivity index (χ0v) is 16.5. The van der Waals surface area contributed by atoms with E-state index in [9.17, 15) is 4.79 Å². The second kappa shape index (κ2) is 7.86. The number of aryl methyl sites for hydroxylation is 1. The Kier molecular flexibility index (Phi) is 5.12. The maximum absolute atomic E-state index is 13.2. The summed E-state index contributed by atoms with van der Waals surface area (Å²) in [4.78, 5) is 19.6. The fourth-order valence-electron chi connectivity index (χ4n) is 3.02. The number of benzene rings is 2. The second-order valence-electron chi connectivity index (χ2n) is 6.50. The molecule has 6 heteroatoms. The van der Waals surface area contributed by atoms with Crippen molar-refractivity contribution in [2.45, 2.75) is 19.9 Å². The summed E-state index contributed by atoms with van der Waals surface area (Å²) in [6, 6.07) is 17.3. The van der Waals surface area contributed by atoms with Crippen LogP contribution in [0, 0.1) is 6.92 Å². The van der Waals surface area contributed by atoms with Crippen LogP contribution < -0.4 is 9.64 Å². The monoisotopic (exact) mass is 392 g/mol. The lowest BCUT2D eigenvalue weighted by Gasteiger charge is -2.19. The molecule has 0 radical (unpaired) electrons. The summed E-state index contributed by atoms with van der Waals surface area (Å²) < 4.78 is 11.7. The number of anilines is 1. The third kappa shape index (κ3) is 3.77. The molecule has 0 N–H and O–H groups in total. The number of ether oxygens (including phenoxy) is 1. The highest BCUT2D eigenvalue weighted by Crippen LogP contribution is 2.32. The van der Waals surface area contributed by atoms with Gasteiger partial charge < -0.3 is 9.15 Å². The Balaban J connectivity index is 1.65. The van der Waals surface area contributed by atoms with Gasteiger partial charge in [-0.3, -0.25) is 9.69 Å². The van der Waals surface area contributed by atoms with Gasteiger partial charge >= 0.3 is 0 Å². The molecule has 4 rings (SSSR count). The molecule has 28 heavy (non-hydrogen) atoms. The summed E-state index contributed by atoms with van der Waals surface area (Å²) in [5.74, 6) is 1.46. The minimum atomic E-state index is -0.0294. The van der Waals surface area contributed by atoms with Crippen LogP contribution in [0.2, 0.25) is 0 Å². The minimum Gasteiger partial charge on any atom is -0.497 e. The van der Waals surface area contributed by atoms with E-state index in [1.165, 1.54) is 11.3 Å². The van der Waals surface area contributed by atoms with Crippen LogP contribution >= 0.6 is 11.3 Å². The number of rotatable bonds is 6. The Morgan fingerprint density at radius 3 is 2.64 bits per heavy atom. The van der Waals surface area contributed by atoms with E-state index in [0.29, 0.717) is 11.7 Å². The molecule has 0 bridgehead atoms. The first-order chi connectivity index (χ1) is 13.6. The largest absolute Gasteiger partial charge is 0.497 e. The number of carbonyl (C=O) groups is 1. The van der Waals surface area contributed by atoms with E-state index >= 15 is 0 Å². The first-order valence-corrected chi connectivity index (χ1v) is 9.77. The van der Waals surface area contributed by atoms with Gasteiger partial charge in [0.2, 0.25) is 5.91 Å². The number of hydrogen-bond acceptors (Lipinski definition) is 5. The van der Waals surface area contributed by atoms with E-state index in [1.54, 1.807) is 18.3 Å². The summed E-state index contributed by atoms with van der Waals surface area (Å²) in [5.41, 5.74) is 2.96. The Morgan fingerprint density at radius 2 is 1.96 bits per heavy atom. The van der Waals surface area contributed by atoms with E-state index < -0.39 is 0 Å². The topological polar surface area (TPSA) is 55.6 Å². The quantitative estimate of drug-likeness (QED) is 0.464. The Hall–Kier alpha value is -3.12. The van der Waals surface area contributed by atoms with Crippen LogP contribution in [-0.4, -0.2) is 18.0 Å². The van der Waals surface area contributed by atoms with Gasteiger partial charge in [-0.25, -0.2) is 4.98 Å². The number of hydrogen-bond donors (Lipinski definition) is 0. The Labute approximate surface area is 167 Å². The number of nitrogens with zero attached hydrogens (tertiary/aromatic N) is 2. The van der Waals surface area contributed by atoms with E-state index in [0.717, 1.165) is 32.9 Å². The van der Waals surface area contributed by atoms with Crippen molar-refractivity contribution in [3.63, 3.8) is 0 Å². The molecule has 2 heterocycles. The number of carbonyl (C=O) groups excluding carboxylic acids is 1. The van der Waals surface area contributed by atoms with Crippen LogP contribution in [-0.2, 0) is 17.8 Å². The van der Waals surface area contributed by atoms with Gasteiger partial charge in [0.1, 0.15) is 11.5 Å². The van der Waals surface area contributed by atoms with Gasteiger partial charge in [0.05, 0.1) is 36.6 Å². The summed E-state index contributed by atoms with van der Waals surface area (Å²) in [7, 11) is 1.63. The number of thiazole rings is 1. The van der Waals surface area contributed by atoms with Crippen molar-refractivity contribution in [2.75, 3.05) is 12.0 Å². The van der Waals surface area contributed by atoms with E-state index in [1.807, 2.05) is 61.5 Å². The lowest BCUT2D eigenvalue weighted by molar-refractivity contribution is -0.118. The molecule has 0 fully saturated rings. The second-order valence-corrected chi connectivity index (χ2v) is 7.51. The SMILES string of the molecule is COc1ccc(CC(=O)N(Cc2ccco2)c2nc3c(C)cccc3s2)cc1. The van der Waals surface area contributed by atoms with Gasteiger partial charge in [0.15, 0.2) is 5.13 Å². The van der Waals surface area contributed by atoms with E-state index in [-0.39, 0.29) is 12.3 Å². The molecule has 4 aromatic rings. The molecule has 1 amide bonds. The van der Waals surface area contributed by atoms with Crippen LogP contribution in [0.4, 0.5) is 5.13 Å². The molecule has 142 valence electrons. The number of fused-ring (bicyclic) bond motifs is 1. The third-order valence-corrected chi connectivity index (χ3v) is 5.59. The van der Waals surface area contributed by atoms with Gasteiger partial charge in [-0.1, -0.05) is 35.6 Å². The molecule has 0 unspecified atom stereocenters. The van der Waals surface area contributed by atoms with Crippen molar-refractivity contribution >= 4 is 32.6 Å². The fourth-order valence-corrected chi connectivity index (χ4v) is 4.08. The highest BCUT2D eigenvalue weighted by molar-refractivity contribution is 7.22. The highest BCUT2D eigenvalue weighted by Gasteiger charge is 2.22. The maximum Gasteiger partial charge on any atom is 0.233 e. The van der Waals surface area contributed by atoms with Crippen LogP contribution in [0.1, 0.15) is 16.9 Å². The van der Waals surface area contributed by atoms with Crippen molar-refractivity contribution < 1.29 is 13.9 Å². The van der Waals surface area contributed by atoms with Gasteiger partial charge in [0, 0.05) is 0 Å². The molecule has 0 aliphatic heterocycles. The number of methoxy groups -OCH3 is 1. The van der Waals surface area contributed by atoms with Crippen LogP contribution in [0.15, 0.2) is 65.3 Å². The average Bonchev–Trinajstić information content (AvgIpc) is 3.37. The smallest absolute Gasteiger partial charge is 0.233 e. The first kappa shape index (κ1) is 18.3.